The van der Waals surface area contributed by atoms with E-state index in [0.29, 0.717) is 0 Å². The molecule has 0 unspecified atom stereocenters. The van der Waals surface area contributed by atoms with Gasteiger partial charge in [-0.3, -0.25) is 15.0 Å². The molecule has 0 fully saturated rings. The second-order valence-electron chi connectivity index (χ2n) is 3.07. The van der Waals surface area contributed by atoms with Gasteiger partial charge < -0.3 is 0 Å². The Morgan fingerprint density at radius 1 is 1.13 bits per heavy atom. The highest BCUT2D eigenvalue weighted by atomic mass is 79.9. The van der Waals surface area contributed by atoms with Crippen LogP contribution in [-0.4, -0.2) is 15.0 Å². The van der Waals surface area contributed by atoms with Gasteiger partial charge in [0.1, 0.15) is 5.69 Å². The van der Waals surface area contributed by atoms with E-state index < -0.39 is 0 Å². The minimum Gasteiger partial charge on any atom is -0.257 e. The van der Waals surface area contributed by atoms with Crippen molar-refractivity contribution >= 4 is 15.9 Å². The molecule has 3 nitrogen and oxygen atoms in total. The van der Waals surface area contributed by atoms with Gasteiger partial charge in [-0.05, 0) is 34.5 Å². The molecule has 0 aliphatic heterocycles. The molecule has 0 spiro atoms. The van der Waals surface area contributed by atoms with Crippen LogP contribution in [0.15, 0.2) is 35.2 Å². The summed E-state index contributed by atoms with van der Waals surface area (Å²) < 4.78 is 0.966. The fraction of sp³-hybridized carbons (Fsp3) is 0.182. The first kappa shape index (κ1) is 10.2. The third kappa shape index (κ3) is 2.21. The molecule has 0 saturated carbocycles. The molecule has 0 saturated heterocycles. The molecule has 0 aliphatic rings. The smallest absolute Gasteiger partial charge is 0.110 e. The van der Waals surface area contributed by atoms with Crippen LogP contribution in [0.1, 0.15) is 12.6 Å². The van der Waals surface area contributed by atoms with Crippen LogP contribution in [0.5, 0.6) is 0 Å². The molecule has 0 N–H and O–H groups in total. The lowest BCUT2D eigenvalue weighted by Gasteiger charge is -2.04. The third-order valence-corrected chi connectivity index (χ3v) is 2.55. The van der Waals surface area contributed by atoms with Gasteiger partial charge in [-0.15, -0.1) is 0 Å². The van der Waals surface area contributed by atoms with Gasteiger partial charge in [0.2, 0.25) is 0 Å². The highest BCUT2D eigenvalue weighted by Gasteiger charge is 2.06. The van der Waals surface area contributed by atoms with Crippen molar-refractivity contribution in [2.45, 2.75) is 13.3 Å². The van der Waals surface area contributed by atoms with E-state index in [1.54, 1.807) is 18.6 Å². The quantitative estimate of drug-likeness (QED) is 0.837. The lowest BCUT2D eigenvalue weighted by atomic mass is 10.2. The van der Waals surface area contributed by atoms with Gasteiger partial charge >= 0.3 is 0 Å². The minimum atomic E-state index is 0.862. The molecule has 0 atom stereocenters. The Morgan fingerprint density at radius 2 is 1.93 bits per heavy atom. The minimum absolute atomic E-state index is 0.862. The lowest BCUT2D eigenvalue weighted by molar-refractivity contribution is 0.999. The van der Waals surface area contributed by atoms with E-state index in [4.69, 9.17) is 0 Å². The maximum Gasteiger partial charge on any atom is 0.110 e. The summed E-state index contributed by atoms with van der Waals surface area (Å²) in [7, 11) is 0. The van der Waals surface area contributed by atoms with Crippen LogP contribution in [0, 0.1) is 0 Å². The monoisotopic (exact) mass is 263 g/mol. The van der Waals surface area contributed by atoms with E-state index >= 15 is 0 Å². The molecule has 4 heteroatoms. The molecule has 0 amide bonds. The first-order valence-corrected chi connectivity index (χ1v) is 5.52. The molecular weight excluding hydrogens is 254 g/mol. The molecule has 76 valence electrons. The molecule has 2 heterocycles. The van der Waals surface area contributed by atoms with E-state index in [-0.39, 0.29) is 0 Å². The van der Waals surface area contributed by atoms with Gasteiger partial charge in [0, 0.05) is 23.1 Å². The van der Waals surface area contributed by atoms with Gasteiger partial charge in [-0.1, -0.05) is 6.92 Å². The predicted octanol–water partition coefficient (Wildman–Crippen LogP) is 2.86. The summed E-state index contributed by atoms with van der Waals surface area (Å²) in [6.45, 7) is 2.06. The molecule has 2 rings (SSSR count). The zero-order valence-corrected chi connectivity index (χ0v) is 9.90. The van der Waals surface area contributed by atoms with Crippen LogP contribution in [-0.2, 0) is 6.42 Å². The second kappa shape index (κ2) is 4.49. The number of hydrogen-bond acceptors (Lipinski definition) is 3. The fourth-order valence-corrected chi connectivity index (χ4v) is 1.59. The van der Waals surface area contributed by atoms with Gasteiger partial charge in [0.25, 0.3) is 0 Å². The Morgan fingerprint density at radius 3 is 2.60 bits per heavy atom. The Hall–Kier alpha value is -1.29. The van der Waals surface area contributed by atoms with Crippen LogP contribution < -0.4 is 0 Å². The highest BCUT2D eigenvalue weighted by Crippen LogP contribution is 2.19. The number of hydrogen-bond donors (Lipinski definition) is 0. The van der Waals surface area contributed by atoms with Crippen molar-refractivity contribution in [1.82, 2.24) is 15.0 Å². The van der Waals surface area contributed by atoms with E-state index in [1.165, 1.54) is 0 Å². The molecule has 2 aromatic rings. The Labute approximate surface area is 96.7 Å². The average molecular weight is 264 g/mol. The number of aromatic nitrogens is 3. The molecule has 2 aromatic heterocycles. The average Bonchev–Trinajstić information content (AvgIpc) is 2.30. The number of nitrogens with zero attached hydrogens (tertiary/aromatic N) is 3. The third-order valence-electron chi connectivity index (χ3n) is 2.08. The van der Waals surface area contributed by atoms with Crippen molar-refractivity contribution in [1.29, 1.82) is 0 Å². The second-order valence-corrected chi connectivity index (χ2v) is 3.98. The summed E-state index contributed by atoms with van der Waals surface area (Å²) in [4.78, 5) is 12.9. The summed E-state index contributed by atoms with van der Waals surface area (Å²) in [6.07, 6.45) is 6.03. The summed E-state index contributed by atoms with van der Waals surface area (Å²) in [5.41, 5.74) is 2.71. The maximum atomic E-state index is 4.31. The van der Waals surface area contributed by atoms with Crippen molar-refractivity contribution in [2.24, 2.45) is 0 Å². The summed E-state index contributed by atoms with van der Waals surface area (Å²) in [5, 5.41) is 0. The van der Waals surface area contributed by atoms with E-state index in [2.05, 4.69) is 37.8 Å². The zero-order valence-electron chi connectivity index (χ0n) is 8.31. The molecule has 15 heavy (non-hydrogen) atoms. The van der Waals surface area contributed by atoms with Crippen LogP contribution in [0.3, 0.4) is 0 Å². The molecule has 0 radical (unpaired) electrons. The van der Waals surface area contributed by atoms with Crippen molar-refractivity contribution < 1.29 is 0 Å². The largest absolute Gasteiger partial charge is 0.257 e. The molecule has 0 bridgehead atoms. The number of aryl methyl sites for hydroxylation is 1. The van der Waals surface area contributed by atoms with E-state index in [1.807, 2.05) is 12.1 Å². The van der Waals surface area contributed by atoms with Gasteiger partial charge in [0.15, 0.2) is 0 Å². The number of pyridine rings is 1. The zero-order chi connectivity index (χ0) is 10.7. The van der Waals surface area contributed by atoms with Gasteiger partial charge in [-0.2, -0.15) is 0 Å². The van der Waals surface area contributed by atoms with Gasteiger partial charge in [-0.25, -0.2) is 0 Å². The maximum absolute atomic E-state index is 4.31. The standard InChI is InChI=1S/C11H10BrN3/c1-2-9-11(14-6-5-13-9)10-4-3-8(12)7-15-10/h3-7H,2H2,1H3. The van der Waals surface area contributed by atoms with Crippen LogP contribution in [0.25, 0.3) is 11.4 Å². The number of halogens is 1. The van der Waals surface area contributed by atoms with E-state index in [9.17, 15) is 0 Å². The first-order chi connectivity index (χ1) is 7.31. The van der Waals surface area contributed by atoms with Crippen LogP contribution >= 0.6 is 15.9 Å². The van der Waals surface area contributed by atoms with Crippen molar-refractivity contribution in [3.8, 4) is 11.4 Å². The Bertz CT molecular complexity index is 454. The highest BCUT2D eigenvalue weighted by molar-refractivity contribution is 9.10. The molecule has 0 aromatic carbocycles. The van der Waals surface area contributed by atoms with Crippen LogP contribution in [0.4, 0.5) is 0 Å². The summed E-state index contributed by atoms with van der Waals surface area (Å²) >= 11 is 3.36. The van der Waals surface area contributed by atoms with Crippen molar-refractivity contribution in [2.75, 3.05) is 0 Å². The SMILES string of the molecule is CCc1nccnc1-c1ccc(Br)cn1. The van der Waals surface area contributed by atoms with E-state index in [0.717, 1.165) is 28.0 Å². The predicted molar refractivity (Wildman–Crippen MR) is 62.3 cm³/mol. The fourth-order valence-electron chi connectivity index (χ4n) is 1.36. The summed E-state index contributed by atoms with van der Waals surface area (Å²) in [5.74, 6) is 0. The van der Waals surface area contributed by atoms with Crippen LogP contribution in [0.2, 0.25) is 0 Å². The van der Waals surface area contributed by atoms with Gasteiger partial charge in [0.05, 0.1) is 11.4 Å². The molecular formula is C11H10BrN3. The molecule has 0 aliphatic carbocycles. The number of rotatable bonds is 2. The normalized spacial score (nSPS) is 10.3. The topological polar surface area (TPSA) is 38.7 Å². The van der Waals surface area contributed by atoms with Crippen molar-refractivity contribution in [3.63, 3.8) is 0 Å². The first-order valence-electron chi connectivity index (χ1n) is 4.73. The Kier molecular flexibility index (Phi) is 3.06. The lowest BCUT2D eigenvalue weighted by Crippen LogP contribution is -1.96. The summed E-state index contributed by atoms with van der Waals surface area (Å²) in [6, 6.07) is 3.89. The Balaban J connectivity index is 2.49. The van der Waals surface area contributed by atoms with Crippen molar-refractivity contribution in [3.05, 3.63) is 40.9 Å².